The molecule has 0 bridgehead atoms. The topological polar surface area (TPSA) is 0 Å². The zero-order chi connectivity index (χ0) is 12.3. The highest BCUT2D eigenvalue weighted by molar-refractivity contribution is 6.30. The third kappa shape index (κ3) is 3.14. The Kier molecular flexibility index (Phi) is 4.32. The molecule has 0 atom stereocenters. The molecule has 0 aromatic heterocycles. The molecular formula is C14H17Cl2F. The molecule has 1 saturated carbocycles. The van der Waals surface area contributed by atoms with E-state index in [4.69, 9.17) is 23.2 Å². The first-order chi connectivity index (χ1) is 8.15. The SMILES string of the molecule is Fc1ccc(CC2(CCl)CCCCC2)cc1Cl. The van der Waals surface area contributed by atoms with E-state index in [0.717, 1.165) is 12.0 Å². The lowest BCUT2D eigenvalue weighted by atomic mass is 9.72. The minimum atomic E-state index is -0.348. The van der Waals surface area contributed by atoms with E-state index in [0.29, 0.717) is 5.88 Å². The summed E-state index contributed by atoms with van der Waals surface area (Å²) >= 11 is 12.0. The van der Waals surface area contributed by atoms with Crippen molar-refractivity contribution in [3.8, 4) is 0 Å². The molecule has 0 unspecified atom stereocenters. The molecule has 0 nitrogen and oxygen atoms in total. The first-order valence-electron chi connectivity index (χ1n) is 6.15. The fourth-order valence-electron chi connectivity index (χ4n) is 2.74. The molecule has 0 saturated heterocycles. The summed E-state index contributed by atoms with van der Waals surface area (Å²) in [7, 11) is 0. The molecule has 3 heteroatoms. The van der Waals surface area contributed by atoms with Crippen LogP contribution in [0.1, 0.15) is 37.7 Å². The molecule has 94 valence electrons. The lowest BCUT2D eigenvalue weighted by molar-refractivity contribution is 0.219. The quantitative estimate of drug-likeness (QED) is 0.664. The molecule has 0 N–H and O–H groups in total. The van der Waals surface area contributed by atoms with Crippen LogP contribution < -0.4 is 0 Å². The maximum atomic E-state index is 13.1. The van der Waals surface area contributed by atoms with E-state index in [-0.39, 0.29) is 16.3 Å². The van der Waals surface area contributed by atoms with Gasteiger partial charge in [0.15, 0.2) is 0 Å². The summed E-state index contributed by atoms with van der Waals surface area (Å²) in [6.45, 7) is 0. The van der Waals surface area contributed by atoms with Crippen molar-refractivity contribution in [2.45, 2.75) is 38.5 Å². The van der Waals surface area contributed by atoms with Crippen LogP contribution >= 0.6 is 23.2 Å². The van der Waals surface area contributed by atoms with Crippen molar-refractivity contribution in [2.24, 2.45) is 5.41 Å². The van der Waals surface area contributed by atoms with Gasteiger partial charge in [-0.25, -0.2) is 4.39 Å². The van der Waals surface area contributed by atoms with E-state index < -0.39 is 0 Å². The van der Waals surface area contributed by atoms with Gasteiger partial charge >= 0.3 is 0 Å². The third-order valence-electron chi connectivity index (χ3n) is 3.76. The van der Waals surface area contributed by atoms with E-state index in [9.17, 15) is 4.39 Å². The van der Waals surface area contributed by atoms with Gasteiger partial charge in [-0.1, -0.05) is 36.9 Å². The summed E-state index contributed by atoms with van der Waals surface area (Å²) in [6, 6.07) is 5.01. The molecule has 1 aliphatic rings. The average Bonchev–Trinajstić information content (AvgIpc) is 2.35. The van der Waals surface area contributed by atoms with Crippen molar-refractivity contribution < 1.29 is 4.39 Å². The maximum Gasteiger partial charge on any atom is 0.141 e. The Bertz CT molecular complexity index is 384. The van der Waals surface area contributed by atoms with Gasteiger partial charge in [0.05, 0.1) is 5.02 Å². The minimum absolute atomic E-state index is 0.195. The van der Waals surface area contributed by atoms with Crippen LogP contribution in [0.15, 0.2) is 18.2 Å². The standard InChI is InChI=1S/C14H17Cl2F/c15-10-14(6-2-1-3-7-14)9-11-4-5-13(17)12(16)8-11/h4-5,8H,1-3,6-7,9-10H2. The molecule has 1 fully saturated rings. The van der Waals surface area contributed by atoms with Crippen LogP contribution in [0.3, 0.4) is 0 Å². The number of hydrogen-bond acceptors (Lipinski definition) is 0. The Hall–Kier alpha value is -0.270. The predicted octanol–water partition coefficient (Wildman–Crippen LogP) is 5.21. The summed E-state index contributed by atoms with van der Waals surface area (Å²) in [5.41, 5.74) is 1.29. The molecule has 1 aromatic carbocycles. The van der Waals surface area contributed by atoms with Gasteiger partial charge < -0.3 is 0 Å². The zero-order valence-corrected chi connectivity index (χ0v) is 11.3. The van der Waals surface area contributed by atoms with Crippen molar-refractivity contribution in [3.63, 3.8) is 0 Å². The largest absolute Gasteiger partial charge is 0.205 e. The molecule has 2 rings (SSSR count). The molecule has 0 heterocycles. The van der Waals surface area contributed by atoms with E-state index in [2.05, 4.69) is 0 Å². The van der Waals surface area contributed by atoms with Crippen molar-refractivity contribution in [2.75, 3.05) is 5.88 Å². The molecule has 1 aliphatic carbocycles. The van der Waals surface area contributed by atoms with Crippen LogP contribution in [0.5, 0.6) is 0 Å². The lowest BCUT2D eigenvalue weighted by Gasteiger charge is -2.35. The molecule has 0 radical (unpaired) electrons. The highest BCUT2D eigenvalue weighted by atomic mass is 35.5. The van der Waals surface area contributed by atoms with E-state index in [1.54, 1.807) is 6.07 Å². The first-order valence-corrected chi connectivity index (χ1v) is 7.06. The number of benzene rings is 1. The summed E-state index contributed by atoms with van der Waals surface area (Å²) in [6.07, 6.45) is 7.07. The van der Waals surface area contributed by atoms with Gasteiger partial charge in [0.25, 0.3) is 0 Å². The third-order valence-corrected chi connectivity index (χ3v) is 4.62. The number of alkyl halides is 1. The molecular weight excluding hydrogens is 258 g/mol. The monoisotopic (exact) mass is 274 g/mol. The second-order valence-corrected chi connectivity index (χ2v) is 5.79. The number of hydrogen-bond donors (Lipinski definition) is 0. The van der Waals surface area contributed by atoms with Gasteiger partial charge in [-0.2, -0.15) is 0 Å². The van der Waals surface area contributed by atoms with Crippen molar-refractivity contribution >= 4 is 23.2 Å². The first kappa shape index (κ1) is 13.2. The lowest BCUT2D eigenvalue weighted by Crippen LogP contribution is -2.28. The van der Waals surface area contributed by atoms with Crippen LogP contribution in [0.2, 0.25) is 5.02 Å². The number of rotatable bonds is 3. The highest BCUT2D eigenvalue weighted by Crippen LogP contribution is 2.40. The van der Waals surface area contributed by atoms with Crippen LogP contribution in [-0.4, -0.2) is 5.88 Å². The van der Waals surface area contributed by atoms with Gasteiger partial charge in [-0.05, 0) is 42.4 Å². The molecule has 0 spiro atoms. The Morgan fingerprint density at radius 2 is 1.88 bits per heavy atom. The molecule has 17 heavy (non-hydrogen) atoms. The molecule has 1 aromatic rings. The Morgan fingerprint density at radius 3 is 2.47 bits per heavy atom. The van der Waals surface area contributed by atoms with E-state index >= 15 is 0 Å². The van der Waals surface area contributed by atoms with Gasteiger partial charge in [0.1, 0.15) is 5.82 Å². The normalized spacial score (nSPS) is 19.2. The summed E-state index contributed by atoms with van der Waals surface area (Å²) < 4.78 is 13.1. The zero-order valence-electron chi connectivity index (χ0n) is 9.82. The van der Waals surface area contributed by atoms with Crippen LogP contribution in [0.25, 0.3) is 0 Å². The van der Waals surface area contributed by atoms with E-state index in [1.165, 1.54) is 38.2 Å². The van der Waals surface area contributed by atoms with E-state index in [1.807, 2.05) is 6.07 Å². The Labute approximate surface area is 112 Å². The van der Waals surface area contributed by atoms with Crippen LogP contribution in [-0.2, 0) is 6.42 Å². The highest BCUT2D eigenvalue weighted by Gasteiger charge is 2.31. The summed E-state index contributed by atoms with van der Waals surface area (Å²) in [5.74, 6) is 0.334. The van der Waals surface area contributed by atoms with Gasteiger partial charge in [-0.3, -0.25) is 0 Å². The molecule has 0 aliphatic heterocycles. The van der Waals surface area contributed by atoms with Gasteiger partial charge in [-0.15, -0.1) is 11.6 Å². The minimum Gasteiger partial charge on any atom is -0.205 e. The fourth-order valence-corrected chi connectivity index (χ4v) is 3.31. The van der Waals surface area contributed by atoms with Crippen LogP contribution in [0, 0.1) is 11.2 Å². The Morgan fingerprint density at radius 1 is 1.18 bits per heavy atom. The van der Waals surface area contributed by atoms with Gasteiger partial charge in [0, 0.05) is 5.88 Å². The van der Waals surface area contributed by atoms with Crippen molar-refractivity contribution in [1.82, 2.24) is 0 Å². The second-order valence-electron chi connectivity index (χ2n) is 5.12. The smallest absolute Gasteiger partial charge is 0.141 e. The average molecular weight is 275 g/mol. The Balaban J connectivity index is 2.14. The predicted molar refractivity (Wildman–Crippen MR) is 71.4 cm³/mol. The maximum absolute atomic E-state index is 13.1. The van der Waals surface area contributed by atoms with Crippen molar-refractivity contribution in [3.05, 3.63) is 34.6 Å². The van der Waals surface area contributed by atoms with Gasteiger partial charge in [0.2, 0.25) is 0 Å². The summed E-state index contributed by atoms with van der Waals surface area (Å²) in [4.78, 5) is 0. The second kappa shape index (κ2) is 5.58. The fraction of sp³-hybridized carbons (Fsp3) is 0.571. The summed E-state index contributed by atoms with van der Waals surface area (Å²) in [5, 5.41) is 0.211. The number of halogens is 3. The molecule has 0 amide bonds. The van der Waals surface area contributed by atoms with Crippen LogP contribution in [0.4, 0.5) is 4.39 Å². The van der Waals surface area contributed by atoms with Crippen molar-refractivity contribution in [1.29, 1.82) is 0 Å².